The Balaban J connectivity index is 1.73. The smallest absolute Gasteiger partial charge is 0.245 e. The molecule has 1 atom stereocenters. The summed E-state index contributed by atoms with van der Waals surface area (Å²) in [6.45, 7) is 5.57. The van der Waals surface area contributed by atoms with Crippen LogP contribution in [0.15, 0.2) is 23.4 Å². The first-order valence-electron chi connectivity index (χ1n) is 8.35. The van der Waals surface area contributed by atoms with E-state index in [1.807, 2.05) is 6.92 Å². The van der Waals surface area contributed by atoms with Crippen LogP contribution in [0.3, 0.4) is 0 Å². The van der Waals surface area contributed by atoms with Crippen LogP contribution in [0.2, 0.25) is 0 Å². The average molecular weight is 355 g/mol. The molecule has 1 aromatic heterocycles. The summed E-state index contributed by atoms with van der Waals surface area (Å²) < 4.78 is 38.0. The molecular formula is C16H25N3O4S. The fourth-order valence-corrected chi connectivity index (χ4v) is 5.09. The molecule has 7 nitrogen and oxygen atoms in total. The van der Waals surface area contributed by atoms with E-state index in [0.29, 0.717) is 18.3 Å². The van der Waals surface area contributed by atoms with Crippen LogP contribution in [0.5, 0.6) is 5.75 Å². The number of rotatable bonds is 4. The van der Waals surface area contributed by atoms with E-state index in [0.717, 1.165) is 39.1 Å². The lowest BCUT2D eigenvalue weighted by molar-refractivity contribution is 0.0137. The summed E-state index contributed by atoms with van der Waals surface area (Å²) in [6, 6.07) is 1.96. The van der Waals surface area contributed by atoms with E-state index in [1.54, 1.807) is 4.31 Å². The van der Waals surface area contributed by atoms with Gasteiger partial charge >= 0.3 is 0 Å². The van der Waals surface area contributed by atoms with Crippen molar-refractivity contribution in [1.82, 2.24) is 14.2 Å². The molecule has 0 saturated carbocycles. The molecule has 0 radical (unpaired) electrons. The van der Waals surface area contributed by atoms with Gasteiger partial charge in [0.05, 0.1) is 13.3 Å². The molecule has 0 spiro atoms. The van der Waals surface area contributed by atoms with Gasteiger partial charge < -0.3 is 9.47 Å². The highest BCUT2D eigenvalue weighted by atomic mass is 32.2. The zero-order valence-electron chi connectivity index (χ0n) is 14.2. The lowest BCUT2D eigenvalue weighted by Gasteiger charge is -2.43. The van der Waals surface area contributed by atoms with Gasteiger partial charge in [0, 0.05) is 57.2 Å². The molecule has 134 valence electrons. The standard InChI is InChI=1S/C16H25N3O4S/c1-13-12-18(14-3-7-23-8-4-14)5-6-19(13)24(20,21)16-9-15(22-2)10-17-11-16/h9-11,13-14H,3-8,12H2,1-2H3/t13-/m0/s1. The van der Waals surface area contributed by atoms with Crippen molar-refractivity contribution in [3.8, 4) is 5.75 Å². The molecule has 0 amide bonds. The molecule has 3 heterocycles. The summed E-state index contributed by atoms with van der Waals surface area (Å²) in [5.41, 5.74) is 0. The second kappa shape index (κ2) is 7.35. The minimum absolute atomic E-state index is 0.0715. The summed E-state index contributed by atoms with van der Waals surface area (Å²) in [6.07, 6.45) is 4.94. The first kappa shape index (κ1) is 17.6. The SMILES string of the molecule is COc1cncc(S(=O)(=O)N2CCN(C3CCOCC3)C[C@@H]2C)c1. The number of aromatic nitrogens is 1. The van der Waals surface area contributed by atoms with Crippen LogP contribution in [-0.2, 0) is 14.8 Å². The van der Waals surface area contributed by atoms with Crippen molar-refractivity contribution in [2.45, 2.75) is 36.7 Å². The van der Waals surface area contributed by atoms with Crippen LogP contribution in [0.25, 0.3) is 0 Å². The van der Waals surface area contributed by atoms with E-state index in [9.17, 15) is 8.42 Å². The van der Waals surface area contributed by atoms with E-state index in [2.05, 4.69) is 9.88 Å². The number of piperazine rings is 1. The van der Waals surface area contributed by atoms with Crippen LogP contribution in [0.4, 0.5) is 0 Å². The Kier molecular flexibility index (Phi) is 5.39. The maximum atomic E-state index is 12.9. The molecule has 24 heavy (non-hydrogen) atoms. The molecule has 2 aliphatic heterocycles. The van der Waals surface area contributed by atoms with Crippen molar-refractivity contribution in [2.24, 2.45) is 0 Å². The van der Waals surface area contributed by atoms with Crippen molar-refractivity contribution in [3.63, 3.8) is 0 Å². The van der Waals surface area contributed by atoms with Gasteiger partial charge in [-0.3, -0.25) is 9.88 Å². The highest BCUT2D eigenvalue weighted by Crippen LogP contribution is 2.25. The Morgan fingerprint density at radius 3 is 2.67 bits per heavy atom. The fraction of sp³-hybridized carbons (Fsp3) is 0.688. The van der Waals surface area contributed by atoms with E-state index in [-0.39, 0.29) is 10.9 Å². The summed E-state index contributed by atoms with van der Waals surface area (Å²) in [5.74, 6) is 0.449. The number of hydrogen-bond acceptors (Lipinski definition) is 6. The molecule has 1 aromatic rings. The monoisotopic (exact) mass is 355 g/mol. The summed E-state index contributed by atoms with van der Waals surface area (Å²) >= 11 is 0. The second-order valence-corrected chi connectivity index (χ2v) is 8.25. The highest BCUT2D eigenvalue weighted by molar-refractivity contribution is 7.89. The topological polar surface area (TPSA) is 72.0 Å². The van der Waals surface area contributed by atoms with Gasteiger partial charge in [-0.15, -0.1) is 0 Å². The molecule has 0 unspecified atom stereocenters. The van der Waals surface area contributed by atoms with Gasteiger partial charge in [0.1, 0.15) is 10.6 Å². The predicted octanol–water partition coefficient (Wildman–Crippen LogP) is 0.964. The zero-order chi connectivity index (χ0) is 17.2. The van der Waals surface area contributed by atoms with Crippen LogP contribution in [0, 0.1) is 0 Å². The Hall–Kier alpha value is -1.22. The number of hydrogen-bond donors (Lipinski definition) is 0. The highest BCUT2D eigenvalue weighted by Gasteiger charge is 2.36. The van der Waals surface area contributed by atoms with Crippen molar-refractivity contribution in [1.29, 1.82) is 0 Å². The predicted molar refractivity (Wildman–Crippen MR) is 89.6 cm³/mol. The molecule has 0 aromatic carbocycles. The van der Waals surface area contributed by atoms with Gasteiger partial charge in [-0.25, -0.2) is 8.42 Å². The Bertz CT molecular complexity index is 661. The van der Waals surface area contributed by atoms with E-state index >= 15 is 0 Å². The summed E-state index contributed by atoms with van der Waals surface area (Å²) in [4.78, 5) is 6.57. The molecule has 0 N–H and O–H groups in total. The molecule has 3 rings (SSSR count). The number of methoxy groups -OCH3 is 1. The van der Waals surface area contributed by atoms with E-state index in [4.69, 9.17) is 9.47 Å². The molecule has 0 aliphatic carbocycles. The number of nitrogens with zero attached hydrogens (tertiary/aromatic N) is 3. The minimum atomic E-state index is -3.56. The van der Waals surface area contributed by atoms with Gasteiger partial charge in [0.2, 0.25) is 10.0 Å². The first-order chi connectivity index (χ1) is 11.5. The molecule has 2 fully saturated rings. The fourth-order valence-electron chi connectivity index (χ4n) is 3.50. The molecule has 8 heteroatoms. The normalized spacial score (nSPS) is 24.8. The number of pyridine rings is 1. The molecule has 2 saturated heterocycles. The number of sulfonamides is 1. The third-order valence-corrected chi connectivity index (χ3v) is 6.81. The van der Waals surface area contributed by atoms with Gasteiger partial charge in [-0.05, 0) is 19.8 Å². The second-order valence-electron chi connectivity index (χ2n) is 6.36. The van der Waals surface area contributed by atoms with Gasteiger partial charge in [0.15, 0.2) is 0 Å². The molecule has 0 bridgehead atoms. The Morgan fingerprint density at radius 1 is 1.25 bits per heavy atom. The van der Waals surface area contributed by atoms with Crippen molar-refractivity contribution in [2.75, 3.05) is 40.0 Å². The van der Waals surface area contributed by atoms with E-state index in [1.165, 1.54) is 25.6 Å². The van der Waals surface area contributed by atoms with Crippen LogP contribution >= 0.6 is 0 Å². The largest absolute Gasteiger partial charge is 0.495 e. The summed E-state index contributed by atoms with van der Waals surface area (Å²) in [7, 11) is -2.06. The quantitative estimate of drug-likeness (QED) is 0.801. The molecular weight excluding hydrogens is 330 g/mol. The number of ether oxygens (including phenoxy) is 2. The zero-order valence-corrected chi connectivity index (χ0v) is 15.0. The van der Waals surface area contributed by atoms with Gasteiger partial charge in [-0.2, -0.15) is 4.31 Å². The Morgan fingerprint density at radius 2 is 2.00 bits per heavy atom. The lowest BCUT2D eigenvalue weighted by Crippen LogP contribution is -2.57. The van der Waals surface area contributed by atoms with Gasteiger partial charge in [0.25, 0.3) is 0 Å². The van der Waals surface area contributed by atoms with E-state index < -0.39 is 10.0 Å². The average Bonchev–Trinajstić information content (AvgIpc) is 2.62. The summed E-state index contributed by atoms with van der Waals surface area (Å²) in [5, 5.41) is 0. The minimum Gasteiger partial charge on any atom is -0.495 e. The molecule has 2 aliphatic rings. The lowest BCUT2D eigenvalue weighted by atomic mass is 10.1. The third kappa shape index (κ3) is 3.56. The first-order valence-corrected chi connectivity index (χ1v) is 9.79. The van der Waals surface area contributed by atoms with Crippen LogP contribution in [0.1, 0.15) is 19.8 Å². The maximum absolute atomic E-state index is 12.9. The van der Waals surface area contributed by atoms with Crippen molar-refractivity contribution in [3.05, 3.63) is 18.5 Å². The van der Waals surface area contributed by atoms with Crippen LogP contribution in [-0.4, -0.2) is 74.6 Å². The van der Waals surface area contributed by atoms with Crippen molar-refractivity contribution >= 4 is 10.0 Å². The third-order valence-electron chi connectivity index (χ3n) is 4.84. The maximum Gasteiger partial charge on any atom is 0.245 e. The Labute approximate surface area is 143 Å². The van der Waals surface area contributed by atoms with Gasteiger partial charge in [-0.1, -0.05) is 0 Å². The van der Waals surface area contributed by atoms with Crippen molar-refractivity contribution < 1.29 is 17.9 Å². The van der Waals surface area contributed by atoms with Crippen LogP contribution < -0.4 is 4.74 Å².